The molecule has 2 atom stereocenters. The third kappa shape index (κ3) is 4.19. The van der Waals surface area contributed by atoms with E-state index >= 15 is 0 Å². The van der Waals surface area contributed by atoms with Crippen LogP contribution in [0.3, 0.4) is 0 Å². The fourth-order valence-electron chi connectivity index (χ4n) is 7.08. The number of piperidine rings is 1. The average Bonchev–Trinajstić information content (AvgIpc) is 3.32. The Labute approximate surface area is 245 Å². The van der Waals surface area contributed by atoms with Crippen LogP contribution in [0.5, 0.6) is 0 Å². The lowest BCUT2D eigenvalue weighted by Gasteiger charge is -2.42. The molecule has 5 heterocycles. The summed E-state index contributed by atoms with van der Waals surface area (Å²) in [4.78, 5) is 52.0. The minimum atomic E-state index is -0.657. The number of nitrogens with zero attached hydrogens (tertiary/aromatic N) is 3. The number of carbonyl (C=O) groups excluding carboxylic acids is 1. The van der Waals surface area contributed by atoms with Gasteiger partial charge in [0.1, 0.15) is 16.9 Å². The van der Waals surface area contributed by atoms with Crippen LogP contribution in [0.4, 0.5) is 5.69 Å². The summed E-state index contributed by atoms with van der Waals surface area (Å²) < 4.78 is 13.5. The van der Waals surface area contributed by atoms with Crippen molar-refractivity contribution < 1.29 is 18.6 Å². The number of furan rings is 1. The Hall–Kier alpha value is -4.99. The van der Waals surface area contributed by atoms with Crippen LogP contribution in [0.2, 0.25) is 0 Å². The van der Waals surface area contributed by atoms with E-state index in [0.29, 0.717) is 47.6 Å². The molecule has 5 aromatic rings. The number of fused-ring (bicyclic) bond motifs is 6. The molecule has 0 N–H and O–H groups in total. The summed E-state index contributed by atoms with van der Waals surface area (Å²) >= 11 is 0. The number of nitro groups is 1. The van der Waals surface area contributed by atoms with Crippen molar-refractivity contribution in [2.24, 2.45) is 5.92 Å². The highest BCUT2D eigenvalue weighted by molar-refractivity contribution is 6.06. The standard InChI is InChI=1S/C33H29N3O7/c1-17-23-12-25-29(21-7-5-4-6-8-21)19(3)42-31(25)18(2)30(23)43-33(39)24(17)13-28(37)34-14-20-11-22(16-34)26-9-10-27(36(40)41)32(38)35(26)15-20/h4-10,12,20,22H,11,13-16H2,1-3H3/t20-,22+/m1/s1. The molecule has 0 radical (unpaired) electrons. The van der Waals surface area contributed by atoms with Crippen molar-refractivity contribution in [2.45, 2.75) is 46.1 Å². The number of hydrogen-bond donors (Lipinski definition) is 0. The van der Waals surface area contributed by atoms with Crippen molar-refractivity contribution in [3.05, 3.63) is 108 Å². The number of pyridine rings is 1. The van der Waals surface area contributed by atoms with Gasteiger partial charge < -0.3 is 18.3 Å². The Kier molecular flexibility index (Phi) is 6.12. The number of aryl methyl sites for hydroxylation is 3. The zero-order chi connectivity index (χ0) is 30.2. The van der Waals surface area contributed by atoms with Crippen molar-refractivity contribution in [1.82, 2.24) is 9.47 Å². The van der Waals surface area contributed by atoms with E-state index in [1.165, 1.54) is 10.6 Å². The first kappa shape index (κ1) is 26.9. The van der Waals surface area contributed by atoms with Crippen LogP contribution < -0.4 is 11.2 Å². The molecule has 43 heavy (non-hydrogen) atoms. The van der Waals surface area contributed by atoms with Gasteiger partial charge in [0.15, 0.2) is 0 Å². The molecule has 10 heteroatoms. The van der Waals surface area contributed by atoms with Crippen molar-refractivity contribution in [3.63, 3.8) is 0 Å². The van der Waals surface area contributed by atoms with E-state index in [1.54, 1.807) is 11.0 Å². The second-order valence-electron chi connectivity index (χ2n) is 11.7. The molecule has 1 saturated heterocycles. The normalized spacial score (nSPS) is 17.8. The monoisotopic (exact) mass is 579 g/mol. The van der Waals surface area contributed by atoms with Crippen molar-refractivity contribution in [2.75, 3.05) is 13.1 Å². The molecule has 7 rings (SSSR count). The summed E-state index contributed by atoms with van der Waals surface area (Å²) in [5.41, 5.74) is 3.98. The van der Waals surface area contributed by atoms with E-state index in [0.717, 1.165) is 39.6 Å². The second-order valence-corrected chi connectivity index (χ2v) is 11.7. The molecule has 0 unspecified atom stereocenters. The summed E-state index contributed by atoms with van der Waals surface area (Å²) in [6.45, 7) is 6.75. The fourth-order valence-corrected chi connectivity index (χ4v) is 7.08. The van der Waals surface area contributed by atoms with Gasteiger partial charge in [0.05, 0.1) is 16.9 Å². The van der Waals surface area contributed by atoms with Crippen molar-refractivity contribution >= 4 is 33.5 Å². The van der Waals surface area contributed by atoms with Crippen LogP contribution in [-0.2, 0) is 17.8 Å². The molecule has 0 saturated carbocycles. The highest BCUT2D eigenvalue weighted by Crippen LogP contribution is 2.40. The second kappa shape index (κ2) is 9.79. The Bertz CT molecular complexity index is 2110. The number of carbonyl (C=O) groups is 1. The van der Waals surface area contributed by atoms with Gasteiger partial charge in [-0.1, -0.05) is 30.3 Å². The summed E-state index contributed by atoms with van der Waals surface area (Å²) in [5.74, 6) is 0.449. The fraction of sp³-hybridized carbons (Fsp3) is 0.303. The maximum absolute atomic E-state index is 13.7. The van der Waals surface area contributed by atoms with E-state index < -0.39 is 21.8 Å². The predicted octanol–water partition coefficient (Wildman–Crippen LogP) is 5.39. The van der Waals surface area contributed by atoms with E-state index in [2.05, 4.69) is 0 Å². The van der Waals surface area contributed by atoms with Crippen LogP contribution >= 0.6 is 0 Å². The van der Waals surface area contributed by atoms with Gasteiger partial charge >= 0.3 is 16.9 Å². The molecule has 3 aromatic heterocycles. The zero-order valence-corrected chi connectivity index (χ0v) is 24.0. The molecule has 0 spiro atoms. The van der Waals surface area contributed by atoms with Crippen LogP contribution in [-0.4, -0.2) is 33.4 Å². The molecular formula is C33H29N3O7. The Morgan fingerprint density at radius 3 is 2.44 bits per heavy atom. The van der Waals surface area contributed by atoms with Gasteiger partial charge in [0.25, 0.3) is 0 Å². The smallest absolute Gasteiger partial charge is 0.340 e. The Balaban J connectivity index is 1.23. The number of rotatable bonds is 4. The maximum atomic E-state index is 13.7. The van der Waals surface area contributed by atoms with Crippen LogP contribution in [0.15, 0.2) is 67.0 Å². The van der Waals surface area contributed by atoms with Gasteiger partial charge in [-0.3, -0.25) is 19.7 Å². The van der Waals surface area contributed by atoms with Gasteiger partial charge in [-0.2, -0.15) is 0 Å². The van der Waals surface area contributed by atoms with Gasteiger partial charge in [0, 0.05) is 59.2 Å². The van der Waals surface area contributed by atoms with Gasteiger partial charge in [-0.15, -0.1) is 0 Å². The van der Waals surface area contributed by atoms with Gasteiger partial charge in [-0.05, 0) is 56.4 Å². The first-order valence-corrected chi connectivity index (χ1v) is 14.3. The summed E-state index contributed by atoms with van der Waals surface area (Å²) in [7, 11) is 0. The van der Waals surface area contributed by atoms with E-state index in [-0.39, 0.29) is 24.2 Å². The molecule has 0 aliphatic carbocycles. The van der Waals surface area contributed by atoms with Crippen molar-refractivity contribution in [1.29, 1.82) is 0 Å². The predicted molar refractivity (Wildman–Crippen MR) is 160 cm³/mol. The van der Waals surface area contributed by atoms with Crippen molar-refractivity contribution in [3.8, 4) is 11.1 Å². The highest BCUT2D eigenvalue weighted by atomic mass is 16.6. The number of hydrogen-bond acceptors (Lipinski definition) is 7. The third-order valence-electron chi connectivity index (χ3n) is 9.16. The molecule has 10 nitrogen and oxygen atoms in total. The van der Waals surface area contributed by atoms with Gasteiger partial charge in [0.2, 0.25) is 5.91 Å². The largest absolute Gasteiger partial charge is 0.460 e. The molecular weight excluding hydrogens is 550 g/mol. The lowest BCUT2D eigenvalue weighted by atomic mass is 9.83. The van der Waals surface area contributed by atoms with E-state index in [4.69, 9.17) is 8.83 Å². The quantitative estimate of drug-likeness (QED) is 0.159. The van der Waals surface area contributed by atoms with Crippen LogP contribution in [0, 0.1) is 36.8 Å². The topological polar surface area (TPSA) is 129 Å². The summed E-state index contributed by atoms with van der Waals surface area (Å²) in [6.07, 6.45) is 0.685. The molecule has 1 fully saturated rings. The first-order chi connectivity index (χ1) is 20.6. The van der Waals surface area contributed by atoms with Gasteiger partial charge in [-0.25, -0.2) is 4.79 Å². The maximum Gasteiger partial charge on any atom is 0.340 e. The van der Waals surface area contributed by atoms with E-state index in [1.807, 2.05) is 57.2 Å². The lowest BCUT2D eigenvalue weighted by Crippen LogP contribution is -2.49. The Morgan fingerprint density at radius 1 is 0.953 bits per heavy atom. The molecule has 2 aromatic carbocycles. The SMILES string of the molecule is Cc1oc2c(C)c3oc(=O)c(CC(=O)N4C[C@H]5C[C@@H](C4)c4ccc([N+](=O)[O-])c(=O)n4C5)c(C)c3cc2c1-c1ccccc1. The zero-order valence-electron chi connectivity index (χ0n) is 24.0. The molecule has 2 aliphatic heterocycles. The number of amides is 1. The van der Waals surface area contributed by atoms with E-state index in [9.17, 15) is 24.5 Å². The minimum absolute atomic E-state index is 0.0133. The lowest BCUT2D eigenvalue weighted by molar-refractivity contribution is -0.386. The molecule has 218 valence electrons. The third-order valence-corrected chi connectivity index (χ3v) is 9.16. The molecule has 1 amide bonds. The minimum Gasteiger partial charge on any atom is -0.460 e. The first-order valence-electron chi connectivity index (χ1n) is 14.3. The number of likely N-dealkylation sites (tertiary alicyclic amines) is 1. The van der Waals surface area contributed by atoms with Crippen LogP contribution in [0.25, 0.3) is 33.1 Å². The number of aromatic nitrogens is 1. The highest BCUT2D eigenvalue weighted by Gasteiger charge is 2.38. The molecule has 2 bridgehead atoms. The Morgan fingerprint density at radius 2 is 1.70 bits per heavy atom. The number of benzene rings is 2. The summed E-state index contributed by atoms with van der Waals surface area (Å²) in [5, 5.41) is 13.0. The average molecular weight is 580 g/mol. The summed E-state index contributed by atoms with van der Waals surface area (Å²) in [6, 6.07) is 14.8. The van der Waals surface area contributed by atoms with Crippen LogP contribution in [0.1, 0.15) is 40.5 Å². The molecule has 2 aliphatic rings.